The van der Waals surface area contributed by atoms with E-state index in [1.165, 1.54) is 10.9 Å². The van der Waals surface area contributed by atoms with Crippen LogP contribution >= 0.6 is 0 Å². The zero-order chi connectivity index (χ0) is 17.8. The van der Waals surface area contributed by atoms with Gasteiger partial charge in [-0.25, -0.2) is 4.79 Å². The van der Waals surface area contributed by atoms with Crippen molar-refractivity contribution >= 4 is 17.6 Å². The van der Waals surface area contributed by atoms with Crippen LogP contribution < -0.4 is 5.32 Å². The summed E-state index contributed by atoms with van der Waals surface area (Å²) >= 11 is 0. The number of rotatable bonds is 5. The molecule has 3 rings (SSSR count). The van der Waals surface area contributed by atoms with Gasteiger partial charge in [0.05, 0.1) is 5.56 Å². The summed E-state index contributed by atoms with van der Waals surface area (Å²) in [5.41, 5.74) is 2.58. The maximum atomic E-state index is 12.3. The van der Waals surface area contributed by atoms with Gasteiger partial charge in [-0.2, -0.15) is 5.10 Å². The van der Waals surface area contributed by atoms with Crippen molar-refractivity contribution in [1.82, 2.24) is 14.8 Å². The highest BCUT2D eigenvalue weighted by molar-refractivity contribution is 6.09. The van der Waals surface area contributed by atoms with Gasteiger partial charge in [0.15, 0.2) is 5.69 Å². The van der Waals surface area contributed by atoms with E-state index in [0.29, 0.717) is 5.69 Å². The van der Waals surface area contributed by atoms with Gasteiger partial charge in [-0.15, -0.1) is 0 Å². The number of carbonyl (C=O) groups is 2. The predicted molar refractivity (Wildman–Crippen MR) is 91.6 cm³/mol. The van der Waals surface area contributed by atoms with Gasteiger partial charge in [-0.3, -0.25) is 14.5 Å². The van der Waals surface area contributed by atoms with Gasteiger partial charge in [-0.05, 0) is 41.8 Å². The molecule has 2 aromatic heterocycles. The fraction of sp³-hybridized carbons (Fsp3) is 0.111. The molecular formula is C18H16N4O3. The minimum absolute atomic E-state index is 0.0239. The molecule has 3 aromatic rings. The molecule has 126 valence electrons. The van der Waals surface area contributed by atoms with Crippen molar-refractivity contribution in [2.75, 3.05) is 5.32 Å². The molecule has 25 heavy (non-hydrogen) atoms. The van der Waals surface area contributed by atoms with Gasteiger partial charge < -0.3 is 10.4 Å². The number of carboxylic acids is 1. The van der Waals surface area contributed by atoms with Crippen LogP contribution in [-0.4, -0.2) is 31.7 Å². The Kier molecular flexibility index (Phi) is 4.56. The highest BCUT2D eigenvalue weighted by Crippen LogP contribution is 2.15. The van der Waals surface area contributed by atoms with E-state index in [4.69, 9.17) is 5.11 Å². The van der Waals surface area contributed by atoms with E-state index >= 15 is 0 Å². The van der Waals surface area contributed by atoms with E-state index < -0.39 is 11.9 Å². The van der Waals surface area contributed by atoms with Crippen LogP contribution in [0.3, 0.4) is 0 Å². The monoisotopic (exact) mass is 336 g/mol. The summed E-state index contributed by atoms with van der Waals surface area (Å²) in [7, 11) is 1.57. The second-order valence-corrected chi connectivity index (χ2v) is 5.55. The molecule has 2 N–H and O–H groups in total. The van der Waals surface area contributed by atoms with E-state index in [9.17, 15) is 9.59 Å². The Morgan fingerprint density at radius 1 is 1.08 bits per heavy atom. The van der Waals surface area contributed by atoms with Crippen molar-refractivity contribution in [2.45, 2.75) is 6.42 Å². The second-order valence-electron chi connectivity index (χ2n) is 5.55. The molecule has 1 amide bonds. The maximum absolute atomic E-state index is 12.3. The highest BCUT2D eigenvalue weighted by atomic mass is 16.4. The Morgan fingerprint density at radius 3 is 2.36 bits per heavy atom. The Labute approximate surface area is 143 Å². The number of carbonyl (C=O) groups excluding carboxylic acids is 1. The van der Waals surface area contributed by atoms with Crippen molar-refractivity contribution in [3.63, 3.8) is 0 Å². The number of aromatic carboxylic acids is 1. The SMILES string of the molecule is Cn1cc(C(=O)Nc2ccc(Cc3ccncc3)cc2)c(C(=O)O)n1. The smallest absolute Gasteiger partial charge is 0.357 e. The highest BCUT2D eigenvalue weighted by Gasteiger charge is 2.20. The lowest BCUT2D eigenvalue weighted by Crippen LogP contribution is -2.15. The van der Waals surface area contributed by atoms with Crippen LogP contribution in [0.1, 0.15) is 32.0 Å². The number of hydrogen-bond acceptors (Lipinski definition) is 4. The molecule has 7 heteroatoms. The summed E-state index contributed by atoms with van der Waals surface area (Å²) in [5.74, 6) is -1.74. The molecule has 1 aromatic carbocycles. The summed E-state index contributed by atoms with van der Waals surface area (Å²) in [6.07, 6.45) is 5.65. The molecule has 0 saturated heterocycles. The largest absolute Gasteiger partial charge is 0.476 e. The van der Waals surface area contributed by atoms with Gasteiger partial charge in [0.2, 0.25) is 0 Å². The number of nitrogens with one attached hydrogen (secondary N) is 1. The van der Waals surface area contributed by atoms with Crippen LogP contribution in [0.5, 0.6) is 0 Å². The Morgan fingerprint density at radius 2 is 1.72 bits per heavy atom. The quantitative estimate of drug-likeness (QED) is 0.745. The average Bonchev–Trinajstić information content (AvgIpc) is 3.00. The molecule has 0 aliphatic heterocycles. The summed E-state index contributed by atoms with van der Waals surface area (Å²) in [6.45, 7) is 0. The summed E-state index contributed by atoms with van der Waals surface area (Å²) in [5, 5.41) is 15.6. The van der Waals surface area contributed by atoms with E-state index in [0.717, 1.165) is 17.5 Å². The van der Waals surface area contributed by atoms with Crippen molar-refractivity contribution < 1.29 is 14.7 Å². The molecule has 0 radical (unpaired) electrons. The van der Waals surface area contributed by atoms with E-state index in [-0.39, 0.29) is 11.3 Å². The number of aromatic nitrogens is 3. The first-order valence-corrected chi connectivity index (χ1v) is 7.59. The molecule has 7 nitrogen and oxygen atoms in total. The lowest BCUT2D eigenvalue weighted by atomic mass is 10.1. The van der Waals surface area contributed by atoms with Crippen LogP contribution in [0.25, 0.3) is 0 Å². The third-order valence-corrected chi connectivity index (χ3v) is 3.65. The number of amides is 1. The van der Waals surface area contributed by atoms with Gasteiger partial charge in [-0.1, -0.05) is 12.1 Å². The first kappa shape index (κ1) is 16.4. The lowest BCUT2D eigenvalue weighted by molar-refractivity contribution is 0.0685. The third-order valence-electron chi connectivity index (χ3n) is 3.65. The van der Waals surface area contributed by atoms with Crippen molar-refractivity contribution in [3.05, 3.63) is 77.4 Å². The second kappa shape index (κ2) is 6.96. The van der Waals surface area contributed by atoms with Crippen LogP contribution in [0.4, 0.5) is 5.69 Å². The van der Waals surface area contributed by atoms with Gasteiger partial charge >= 0.3 is 5.97 Å². The molecule has 2 heterocycles. The molecule has 0 aliphatic carbocycles. The molecule has 0 bridgehead atoms. The van der Waals surface area contributed by atoms with Crippen LogP contribution in [0, 0.1) is 0 Å². The number of aryl methyl sites for hydroxylation is 1. The number of benzene rings is 1. The van der Waals surface area contributed by atoms with Crippen LogP contribution in [0.15, 0.2) is 55.0 Å². The molecular weight excluding hydrogens is 320 g/mol. The average molecular weight is 336 g/mol. The maximum Gasteiger partial charge on any atom is 0.357 e. The van der Waals surface area contributed by atoms with Crippen LogP contribution in [-0.2, 0) is 13.5 Å². The summed E-state index contributed by atoms with van der Waals surface area (Å²) < 4.78 is 1.30. The van der Waals surface area contributed by atoms with Crippen molar-refractivity contribution in [1.29, 1.82) is 0 Å². The molecule has 0 atom stereocenters. The van der Waals surface area contributed by atoms with E-state index in [1.54, 1.807) is 31.6 Å². The van der Waals surface area contributed by atoms with Gasteiger partial charge in [0.1, 0.15) is 0 Å². The standard InChI is InChI=1S/C18H16N4O3/c1-22-11-15(16(21-22)18(24)25)17(23)20-14-4-2-12(3-5-14)10-13-6-8-19-9-7-13/h2-9,11H,10H2,1H3,(H,20,23)(H,24,25). The zero-order valence-corrected chi connectivity index (χ0v) is 13.5. The first-order valence-electron chi connectivity index (χ1n) is 7.59. The van der Waals surface area contributed by atoms with Crippen molar-refractivity contribution in [3.8, 4) is 0 Å². The number of hydrogen-bond donors (Lipinski definition) is 2. The molecule has 0 aliphatic rings. The van der Waals surface area contributed by atoms with Gasteiger partial charge in [0.25, 0.3) is 5.91 Å². The normalized spacial score (nSPS) is 10.4. The van der Waals surface area contributed by atoms with Crippen molar-refractivity contribution in [2.24, 2.45) is 7.05 Å². The van der Waals surface area contributed by atoms with Gasteiger partial charge in [0, 0.05) is 31.3 Å². The first-order chi connectivity index (χ1) is 12.0. The Bertz CT molecular complexity index is 902. The predicted octanol–water partition coefficient (Wildman–Crippen LogP) is 2.36. The number of nitrogens with zero attached hydrogens (tertiary/aromatic N) is 3. The molecule has 0 unspecified atom stereocenters. The minimum Gasteiger partial charge on any atom is -0.476 e. The Hall–Kier alpha value is -3.48. The number of carboxylic acid groups (broad SMARTS) is 1. The van der Waals surface area contributed by atoms with E-state index in [1.807, 2.05) is 24.3 Å². The Balaban J connectivity index is 1.71. The van der Waals surface area contributed by atoms with Crippen LogP contribution in [0.2, 0.25) is 0 Å². The summed E-state index contributed by atoms with van der Waals surface area (Å²) in [6, 6.07) is 11.3. The summed E-state index contributed by atoms with van der Waals surface area (Å²) in [4.78, 5) is 27.4. The topological polar surface area (TPSA) is 97.1 Å². The minimum atomic E-state index is -1.24. The lowest BCUT2D eigenvalue weighted by Gasteiger charge is -2.06. The molecule has 0 fully saturated rings. The third kappa shape index (κ3) is 3.89. The fourth-order valence-electron chi connectivity index (χ4n) is 2.45. The molecule has 0 saturated carbocycles. The molecule has 0 spiro atoms. The number of pyridine rings is 1. The zero-order valence-electron chi connectivity index (χ0n) is 13.5. The van der Waals surface area contributed by atoms with E-state index in [2.05, 4.69) is 15.4 Å². The fourth-order valence-corrected chi connectivity index (χ4v) is 2.45. The number of anilines is 1.